The van der Waals surface area contributed by atoms with E-state index in [0.717, 1.165) is 0 Å². The minimum Gasteiger partial charge on any atom is -0.356 e. The second-order valence-corrected chi connectivity index (χ2v) is 1.57. The molecule has 0 atom stereocenters. The fourth-order valence-corrected chi connectivity index (χ4v) is 0. The van der Waals surface area contributed by atoms with Crippen LogP contribution in [0.5, 0.6) is 0 Å². The van der Waals surface area contributed by atoms with E-state index in [2.05, 4.69) is 0 Å². The Balaban J connectivity index is -0.0000000242. The summed E-state index contributed by atoms with van der Waals surface area (Å²) in [5.41, 5.74) is 0. The van der Waals surface area contributed by atoms with Gasteiger partial charge >= 0.3 is 67.5 Å². The Hall–Kier alpha value is -3.35. The normalized spacial score (nSPS) is 5.60. The van der Waals surface area contributed by atoms with E-state index >= 15 is 0 Å². The maximum Gasteiger partial charge on any atom is 4.00 e. The van der Waals surface area contributed by atoms with E-state index in [9.17, 15) is 0 Å². The Morgan fingerprint density at radius 1 is 0.267 bits per heavy atom. The number of hydrogen-bond acceptors (Lipinski definition) is 21. The molecule has 0 saturated heterocycles. The number of nitrogens with zero attached hydrogens (tertiary/aromatic N) is 7. The molecule has 0 bridgehead atoms. The van der Waals surface area contributed by atoms with Gasteiger partial charge in [-0.1, -0.05) is 0 Å². The standard InChI is InChI=1S/7NO3.Pr.Zr/c7*2-1(3)4;;/q7*-1;+3;+4. The third-order valence-electron chi connectivity index (χ3n) is 0. The zero-order chi connectivity index (χ0) is 25.0. The van der Waals surface area contributed by atoms with Crippen LogP contribution < -0.4 is 0 Å². The molecule has 0 amide bonds. The fourth-order valence-electron chi connectivity index (χ4n) is 0. The molecular weight excluding hydrogens is 666 g/mol. The first-order valence-corrected chi connectivity index (χ1v) is 3.83. The van der Waals surface area contributed by atoms with Crippen molar-refractivity contribution >= 4 is 0 Å². The fraction of sp³-hybridized carbons (Fsp3) is 0. The summed E-state index contributed by atoms with van der Waals surface area (Å²) < 4.78 is 0. The molecular formula is N7O21PrZr. The quantitative estimate of drug-likeness (QED) is 0.206. The maximum absolute atomic E-state index is 8.25. The largest absolute Gasteiger partial charge is 4.00 e. The van der Waals surface area contributed by atoms with E-state index in [-0.39, 0.29) is 67.5 Å². The van der Waals surface area contributed by atoms with Gasteiger partial charge in [-0.25, -0.2) is 0 Å². The molecule has 0 aromatic carbocycles. The molecule has 0 heterocycles. The summed E-state index contributed by atoms with van der Waals surface area (Å²) in [5, 5.41) is 103. The van der Waals surface area contributed by atoms with Gasteiger partial charge in [0.1, 0.15) is 0 Å². The Kier molecular flexibility index (Phi) is 93.9. The molecule has 0 spiro atoms. The smallest absolute Gasteiger partial charge is 0.356 e. The van der Waals surface area contributed by atoms with Crippen LogP contribution in [0.25, 0.3) is 0 Å². The van der Waals surface area contributed by atoms with Crippen molar-refractivity contribution in [3.05, 3.63) is 107 Å². The van der Waals surface area contributed by atoms with Crippen molar-refractivity contribution in [1.29, 1.82) is 0 Å². The zero-order valence-electron chi connectivity index (χ0n) is 12.8. The molecule has 0 N–H and O–H groups in total. The molecule has 0 unspecified atom stereocenters. The van der Waals surface area contributed by atoms with Crippen LogP contribution in [-0.4, -0.2) is 35.6 Å². The van der Waals surface area contributed by atoms with E-state index in [0.29, 0.717) is 0 Å². The second kappa shape index (κ2) is 50.0. The first-order valence-electron chi connectivity index (χ1n) is 3.83. The maximum atomic E-state index is 8.25. The van der Waals surface area contributed by atoms with E-state index in [1.165, 1.54) is 0 Å². The molecule has 168 valence electrons. The predicted octanol–water partition coefficient (Wildman–Crippen LogP) is -1.68. The van der Waals surface area contributed by atoms with Crippen molar-refractivity contribution in [2.75, 3.05) is 0 Å². The summed E-state index contributed by atoms with van der Waals surface area (Å²) in [4.78, 5) is 57.8. The van der Waals surface area contributed by atoms with Crippen LogP contribution in [0, 0.1) is 149 Å². The molecule has 0 aliphatic rings. The van der Waals surface area contributed by atoms with E-state index in [1.54, 1.807) is 0 Å². The number of hydrogen-bond donors (Lipinski definition) is 0. The van der Waals surface area contributed by atoms with Gasteiger partial charge in [0.05, 0.1) is 35.6 Å². The van der Waals surface area contributed by atoms with Gasteiger partial charge in [0.25, 0.3) is 0 Å². The van der Waals surface area contributed by atoms with Gasteiger partial charge in [-0.15, -0.1) is 0 Å². The third kappa shape index (κ3) is 1230. The van der Waals surface area contributed by atoms with Gasteiger partial charge in [0, 0.05) is 0 Å². The Bertz CT molecular complexity index is 314. The van der Waals surface area contributed by atoms with Gasteiger partial charge in [-0.05, 0) is 0 Å². The molecule has 30 heteroatoms. The Morgan fingerprint density at radius 3 is 0.267 bits per heavy atom. The zero-order valence-corrected chi connectivity index (χ0v) is 18.9. The molecule has 0 fully saturated rings. The Morgan fingerprint density at radius 2 is 0.267 bits per heavy atom. The molecule has 0 saturated carbocycles. The Labute approximate surface area is 209 Å². The van der Waals surface area contributed by atoms with Crippen molar-refractivity contribution in [1.82, 2.24) is 0 Å². The first-order chi connectivity index (χ1) is 12.1. The van der Waals surface area contributed by atoms with Crippen LogP contribution >= 0.6 is 0 Å². The van der Waals surface area contributed by atoms with Crippen LogP contribution in [0.4, 0.5) is 0 Å². The summed E-state index contributed by atoms with van der Waals surface area (Å²) in [5.74, 6) is 0. The van der Waals surface area contributed by atoms with E-state index < -0.39 is 35.6 Å². The van der Waals surface area contributed by atoms with Crippen molar-refractivity contribution in [2.45, 2.75) is 0 Å². The van der Waals surface area contributed by atoms with Crippen LogP contribution in [0.1, 0.15) is 0 Å². The summed E-state index contributed by atoms with van der Waals surface area (Å²) in [6, 6.07) is 0. The average molecular weight is 666 g/mol. The topological polar surface area (TPSA) is 463 Å². The second-order valence-electron chi connectivity index (χ2n) is 1.57. The molecule has 0 radical (unpaired) electrons. The third-order valence-corrected chi connectivity index (χ3v) is 0. The minimum atomic E-state index is -1.75. The van der Waals surface area contributed by atoms with Crippen LogP contribution in [0.2, 0.25) is 0 Å². The number of rotatable bonds is 0. The summed E-state index contributed by atoms with van der Waals surface area (Å²) >= 11 is 0. The van der Waals surface area contributed by atoms with Crippen molar-refractivity contribution in [3.8, 4) is 0 Å². The van der Waals surface area contributed by atoms with Gasteiger partial charge < -0.3 is 107 Å². The van der Waals surface area contributed by atoms with Crippen molar-refractivity contribution in [3.63, 3.8) is 0 Å². The van der Waals surface area contributed by atoms with Gasteiger partial charge in [0.15, 0.2) is 0 Å². The minimum absolute atomic E-state index is 0. The summed E-state index contributed by atoms with van der Waals surface area (Å²) in [6.45, 7) is 0. The SMILES string of the molecule is O=[N+]([O-])[O-].O=[N+]([O-])[O-].O=[N+]([O-])[O-].O=[N+]([O-])[O-].O=[N+]([O-])[O-].O=[N+]([O-])[O-].O=[N+]([O-])[O-].[Pr+3].[Zr+4]. The summed E-state index contributed by atoms with van der Waals surface area (Å²) in [7, 11) is 0. The molecule has 0 rings (SSSR count). The molecule has 28 nitrogen and oxygen atoms in total. The average Bonchev–Trinajstić information content (AvgIpc) is 2.20. The molecule has 0 aromatic heterocycles. The van der Waals surface area contributed by atoms with Crippen LogP contribution in [0.15, 0.2) is 0 Å². The molecule has 0 aliphatic carbocycles. The first kappa shape index (κ1) is 56.3. The molecule has 0 aliphatic heterocycles. The van der Waals surface area contributed by atoms with Gasteiger partial charge in [-0.3, -0.25) is 0 Å². The van der Waals surface area contributed by atoms with Crippen molar-refractivity contribution in [2.24, 2.45) is 0 Å². The summed E-state index contributed by atoms with van der Waals surface area (Å²) in [6.07, 6.45) is 0. The van der Waals surface area contributed by atoms with Gasteiger partial charge in [0.2, 0.25) is 0 Å². The predicted molar refractivity (Wildman–Crippen MR) is 72.5 cm³/mol. The molecule has 0 aromatic rings. The van der Waals surface area contributed by atoms with Crippen LogP contribution in [0.3, 0.4) is 0 Å². The monoisotopic (exact) mass is 665 g/mol. The van der Waals surface area contributed by atoms with E-state index in [4.69, 9.17) is 107 Å². The van der Waals surface area contributed by atoms with Crippen molar-refractivity contribution < 1.29 is 103 Å². The van der Waals surface area contributed by atoms with Gasteiger partial charge in [-0.2, -0.15) is 0 Å². The van der Waals surface area contributed by atoms with Crippen LogP contribution in [-0.2, 0) is 26.2 Å². The van der Waals surface area contributed by atoms with E-state index in [1.807, 2.05) is 0 Å². The molecule has 30 heavy (non-hydrogen) atoms.